The molecule has 0 fully saturated rings. The van der Waals surface area contributed by atoms with E-state index in [9.17, 15) is 14.4 Å². The molecule has 0 bridgehead atoms. The van der Waals surface area contributed by atoms with Crippen molar-refractivity contribution in [2.24, 2.45) is 5.73 Å². The predicted octanol–water partition coefficient (Wildman–Crippen LogP) is 5.89. The molecule has 3 amide bonds. The Morgan fingerprint density at radius 2 is 0.980 bits per heavy atom. The van der Waals surface area contributed by atoms with Crippen molar-refractivity contribution in [3.05, 3.63) is 167 Å². The molecule has 49 heavy (non-hydrogen) atoms. The van der Waals surface area contributed by atoms with Gasteiger partial charge in [-0.2, -0.15) is 0 Å². The van der Waals surface area contributed by atoms with Crippen molar-refractivity contribution < 1.29 is 28.6 Å². The van der Waals surface area contributed by atoms with Crippen LogP contribution in [-0.4, -0.2) is 30.0 Å². The van der Waals surface area contributed by atoms with E-state index in [4.69, 9.17) is 19.9 Å². The van der Waals surface area contributed by atoms with Gasteiger partial charge in [-0.05, 0) is 39.9 Å². The number of benzene rings is 5. The number of primary amides is 1. The Labute approximate surface area is 286 Å². The maximum absolute atomic E-state index is 13.6. The van der Waals surface area contributed by atoms with Gasteiger partial charge in [-0.1, -0.05) is 127 Å². The number of nitrogens with two attached hydrogens (primary N) is 1. The Morgan fingerprint density at radius 3 is 1.51 bits per heavy atom. The number of amides is 3. The van der Waals surface area contributed by atoms with Crippen molar-refractivity contribution in [2.45, 2.75) is 44.7 Å². The largest absolute Gasteiger partial charge is 0.485 e. The highest BCUT2D eigenvalue weighted by atomic mass is 16.5. The van der Waals surface area contributed by atoms with E-state index in [0.29, 0.717) is 30.3 Å². The molecule has 0 spiro atoms. The lowest BCUT2D eigenvalue weighted by Crippen LogP contribution is -2.54. The molecule has 5 aromatic carbocycles. The summed E-state index contributed by atoms with van der Waals surface area (Å²) in [6.45, 7) is 0.677. The molecule has 2 atom stereocenters. The number of hydrogen-bond acceptors (Lipinski definition) is 6. The molecule has 0 saturated heterocycles. The molecule has 250 valence electrons. The third-order valence-electron chi connectivity index (χ3n) is 7.69. The normalized spacial score (nSPS) is 11.8. The quantitative estimate of drug-likeness (QED) is 0.121. The standard InChI is InChI=1S/C40H39N3O6/c41-38(44)34(42-39(45)35(23-29-13-5-1-6-14-29)43-40(46)49-28-32-19-11-4-12-20-32)24-33-21-22-36(47-26-30-15-7-2-8-16-30)37(25-33)48-27-31-17-9-3-10-18-31/h1-22,25,34-35H,23-24,26-28H2,(H2,41,44)(H,42,45)(H,43,46)/t34-,35-/m0/s1. The highest BCUT2D eigenvalue weighted by Crippen LogP contribution is 2.30. The molecule has 0 saturated carbocycles. The smallest absolute Gasteiger partial charge is 0.408 e. The van der Waals surface area contributed by atoms with Crippen molar-refractivity contribution in [2.75, 3.05) is 0 Å². The summed E-state index contributed by atoms with van der Waals surface area (Å²) in [7, 11) is 0. The summed E-state index contributed by atoms with van der Waals surface area (Å²) in [4.78, 5) is 39.1. The molecule has 0 aromatic heterocycles. The van der Waals surface area contributed by atoms with Crippen LogP contribution in [0, 0.1) is 0 Å². The van der Waals surface area contributed by atoms with Crippen LogP contribution in [0.4, 0.5) is 4.79 Å². The van der Waals surface area contributed by atoms with Gasteiger partial charge in [0.2, 0.25) is 11.8 Å². The van der Waals surface area contributed by atoms with Gasteiger partial charge in [-0.25, -0.2) is 4.79 Å². The zero-order valence-corrected chi connectivity index (χ0v) is 27.0. The average Bonchev–Trinajstić information content (AvgIpc) is 3.13. The van der Waals surface area contributed by atoms with Crippen LogP contribution in [0.15, 0.2) is 140 Å². The molecule has 5 rings (SSSR count). The van der Waals surface area contributed by atoms with E-state index in [1.807, 2.05) is 121 Å². The number of nitrogens with one attached hydrogen (secondary N) is 2. The highest BCUT2D eigenvalue weighted by molar-refractivity contribution is 5.91. The first-order chi connectivity index (χ1) is 23.9. The zero-order chi connectivity index (χ0) is 34.3. The molecule has 0 unspecified atom stereocenters. The predicted molar refractivity (Wildman–Crippen MR) is 187 cm³/mol. The number of ether oxygens (including phenoxy) is 3. The minimum atomic E-state index is -1.08. The first kappa shape index (κ1) is 34.3. The Bertz CT molecular complexity index is 1790. The van der Waals surface area contributed by atoms with Crippen molar-refractivity contribution in [1.82, 2.24) is 10.6 Å². The molecule has 0 radical (unpaired) electrons. The average molecular weight is 658 g/mol. The van der Waals surface area contributed by atoms with Crippen LogP contribution in [-0.2, 0) is 47.0 Å². The van der Waals surface area contributed by atoms with Crippen molar-refractivity contribution in [3.63, 3.8) is 0 Å². The minimum absolute atomic E-state index is 0.0377. The van der Waals surface area contributed by atoms with Crippen LogP contribution >= 0.6 is 0 Å². The van der Waals surface area contributed by atoms with E-state index in [1.165, 1.54) is 0 Å². The number of hydrogen-bond donors (Lipinski definition) is 3. The highest BCUT2D eigenvalue weighted by Gasteiger charge is 2.27. The van der Waals surface area contributed by atoms with E-state index in [-0.39, 0.29) is 19.4 Å². The summed E-state index contributed by atoms with van der Waals surface area (Å²) in [5.41, 5.74) is 10.1. The topological polar surface area (TPSA) is 129 Å². The van der Waals surface area contributed by atoms with Crippen LogP contribution in [0.3, 0.4) is 0 Å². The third kappa shape index (κ3) is 11.0. The summed E-state index contributed by atoms with van der Waals surface area (Å²) >= 11 is 0. The van der Waals surface area contributed by atoms with Crippen LogP contribution < -0.4 is 25.8 Å². The van der Waals surface area contributed by atoms with Crippen molar-refractivity contribution in [1.29, 1.82) is 0 Å². The van der Waals surface area contributed by atoms with Gasteiger partial charge < -0.3 is 30.6 Å². The minimum Gasteiger partial charge on any atom is -0.485 e. The fourth-order valence-corrected chi connectivity index (χ4v) is 5.08. The van der Waals surface area contributed by atoms with Crippen LogP contribution in [0.1, 0.15) is 27.8 Å². The first-order valence-electron chi connectivity index (χ1n) is 16.0. The van der Waals surface area contributed by atoms with E-state index in [1.54, 1.807) is 18.2 Å². The van der Waals surface area contributed by atoms with Crippen LogP contribution in [0.5, 0.6) is 11.5 Å². The van der Waals surface area contributed by atoms with E-state index < -0.39 is 30.0 Å². The van der Waals surface area contributed by atoms with Gasteiger partial charge in [0.05, 0.1) is 0 Å². The van der Waals surface area contributed by atoms with Crippen LogP contribution in [0.25, 0.3) is 0 Å². The lowest BCUT2D eigenvalue weighted by Gasteiger charge is -2.22. The molecule has 4 N–H and O–H groups in total. The van der Waals surface area contributed by atoms with Gasteiger partial charge in [-0.3, -0.25) is 9.59 Å². The molecule has 0 aliphatic carbocycles. The van der Waals surface area contributed by atoms with E-state index >= 15 is 0 Å². The van der Waals surface area contributed by atoms with Crippen molar-refractivity contribution in [3.8, 4) is 11.5 Å². The Hall–Kier alpha value is -6.09. The Balaban J connectivity index is 1.29. The first-order valence-corrected chi connectivity index (χ1v) is 16.0. The Morgan fingerprint density at radius 1 is 0.510 bits per heavy atom. The number of alkyl carbamates (subject to hydrolysis) is 1. The molecular formula is C40H39N3O6. The number of carbonyl (C=O) groups is 3. The molecule has 9 heteroatoms. The fourth-order valence-electron chi connectivity index (χ4n) is 5.08. The van der Waals surface area contributed by atoms with Gasteiger partial charge in [0, 0.05) is 12.8 Å². The maximum Gasteiger partial charge on any atom is 0.408 e. The number of carbonyl (C=O) groups excluding carboxylic acids is 3. The van der Waals surface area contributed by atoms with Gasteiger partial charge >= 0.3 is 6.09 Å². The summed E-state index contributed by atoms with van der Waals surface area (Å²) in [5.74, 6) is -0.289. The summed E-state index contributed by atoms with van der Waals surface area (Å²) in [5, 5.41) is 5.41. The van der Waals surface area contributed by atoms with Gasteiger partial charge in [0.1, 0.15) is 31.9 Å². The van der Waals surface area contributed by atoms with E-state index in [2.05, 4.69) is 10.6 Å². The molecule has 0 aliphatic heterocycles. The summed E-state index contributed by atoms with van der Waals surface area (Å²) in [6, 6.07) is 41.2. The SMILES string of the molecule is NC(=O)[C@H](Cc1ccc(OCc2ccccc2)c(OCc2ccccc2)c1)NC(=O)[C@H](Cc1ccccc1)NC(=O)OCc1ccccc1. The lowest BCUT2D eigenvalue weighted by molar-refractivity contribution is -0.128. The fraction of sp³-hybridized carbons (Fsp3) is 0.175. The van der Waals surface area contributed by atoms with Crippen LogP contribution in [0.2, 0.25) is 0 Å². The summed E-state index contributed by atoms with van der Waals surface area (Å²) < 4.78 is 17.7. The van der Waals surface area contributed by atoms with Gasteiger partial charge in [0.25, 0.3) is 0 Å². The third-order valence-corrected chi connectivity index (χ3v) is 7.69. The molecule has 0 aliphatic rings. The number of rotatable bonds is 16. The second-order valence-electron chi connectivity index (χ2n) is 11.4. The molecule has 0 heterocycles. The molecule has 9 nitrogen and oxygen atoms in total. The zero-order valence-electron chi connectivity index (χ0n) is 27.0. The monoisotopic (exact) mass is 657 g/mol. The van der Waals surface area contributed by atoms with Gasteiger partial charge in [0.15, 0.2) is 11.5 Å². The van der Waals surface area contributed by atoms with Gasteiger partial charge in [-0.15, -0.1) is 0 Å². The second-order valence-corrected chi connectivity index (χ2v) is 11.4. The van der Waals surface area contributed by atoms with Crippen molar-refractivity contribution >= 4 is 17.9 Å². The molecular weight excluding hydrogens is 618 g/mol. The Kier molecular flexibility index (Phi) is 12.4. The second kappa shape index (κ2) is 17.7. The lowest BCUT2D eigenvalue weighted by atomic mass is 10.0. The van der Waals surface area contributed by atoms with E-state index in [0.717, 1.165) is 22.3 Å². The summed E-state index contributed by atoms with van der Waals surface area (Å²) in [6.07, 6.45) is -0.510. The maximum atomic E-state index is 13.6. The molecule has 5 aromatic rings.